The molecule has 0 aromatic rings. The van der Waals surface area contributed by atoms with Crippen LogP contribution >= 0.6 is 0 Å². The van der Waals surface area contributed by atoms with E-state index in [2.05, 4.69) is 25.7 Å². The Morgan fingerprint density at radius 2 is 1.96 bits per heavy atom. The molecule has 2 unspecified atom stereocenters. The van der Waals surface area contributed by atoms with E-state index in [1.54, 1.807) is 0 Å². The minimum Gasteiger partial charge on any atom is -0.378 e. The van der Waals surface area contributed by atoms with Crippen molar-refractivity contribution in [3.63, 3.8) is 0 Å². The summed E-state index contributed by atoms with van der Waals surface area (Å²) in [6.45, 7) is 10.2. The number of carbonyl (C=O) groups excluding carboxylic acids is 1. The van der Waals surface area contributed by atoms with Crippen molar-refractivity contribution in [3.8, 4) is 0 Å². The van der Waals surface area contributed by atoms with Gasteiger partial charge in [-0.15, -0.1) is 0 Å². The molecule has 2 N–H and O–H groups in total. The van der Waals surface area contributed by atoms with Crippen LogP contribution in [0.2, 0.25) is 0 Å². The van der Waals surface area contributed by atoms with Crippen LogP contribution in [0.1, 0.15) is 65.7 Å². The minimum absolute atomic E-state index is 0.319. The predicted molar refractivity (Wildman–Crippen MR) is 94.1 cm³/mol. The van der Waals surface area contributed by atoms with Crippen molar-refractivity contribution in [1.29, 1.82) is 0 Å². The first-order valence-electron chi connectivity index (χ1n) is 9.49. The summed E-state index contributed by atoms with van der Waals surface area (Å²) in [4.78, 5) is 14.7. The fourth-order valence-electron chi connectivity index (χ4n) is 4.68. The Bertz CT molecular complexity index is 376. The molecule has 4 heteroatoms. The lowest BCUT2D eigenvalue weighted by Gasteiger charge is -2.40. The molecule has 2 fully saturated rings. The van der Waals surface area contributed by atoms with Gasteiger partial charge in [-0.05, 0) is 62.3 Å². The first kappa shape index (κ1) is 18.7. The molecule has 4 nitrogen and oxygen atoms in total. The third kappa shape index (κ3) is 6.07. The van der Waals surface area contributed by atoms with Gasteiger partial charge in [-0.3, -0.25) is 4.79 Å². The smallest absolute Gasteiger partial charge is 0.222 e. The van der Waals surface area contributed by atoms with Gasteiger partial charge in [-0.25, -0.2) is 0 Å². The van der Waals surface area contributed by atoms with Crippen LogP contribution in [-0.2, 0) is 9.53 Å². The SMILES string of the molecule is CC1CC(CC(=O)N2CCC(OCCCN)CC2)CC(C)(C)C1. The molecule has 2 aliphatic rings. The summed E-state index contributed by atoms with van der Waals surface area (Å²) in [6.07, 6.45) is 7.64. The van der Waals surface area contributed by atoms with E-state index in [0.29, 0.717) is 29.9 Å². The van der Waals surface area contributed by atoms with Crippen LogP contribution in [0.15, 0.2) is 0 Å². The highest BCUT2D eigenvalue weighted by atomic mass is 16.5. The third-order valence-corrected chi connectivity index (χ3v) is 5.44. The number of ether oxygens (including phenoxy) is 1. The Balaban J connectivity index is 1.72. The molecule has 0 spiro atoms. The van der Waals surface area contributed by atoms with Crippen LogP contribution < -0.4 is 5.73 Å². The van der Waals surface area contributed by atoms with Crippen molar-refractivity contribution in [2.45, 2.75) is 71.8 Å². The maximum atomic E-state index is 12.6. The van der Waals surface area contributed by atoms with Crippen LogP contribution in [0.5, 0.6) is 0 Å². The molecule has 134 valence electrons. The molecule has 1 aliphatic heterocycles. The van der Waals surface area contributed by atoms with Gasteiger partial charge < -0.3 is 15.4 Å². The number of rotatable bonds is 6. The normalized spacial score (nSPS) is 28.8. The van der Waals surface area contributed by atoms with Crippen LogP contribution in [-0.4, -0.2) is 43.2 Å². The van der Waals surface area contributed by atoms with Gasteiger partial charge in [0.1, 0.15) is 0 Å². The molecule has 2 rings (SSSR count). The van der Waals surface area contributed by atoms with Gasteiger partial charge in [0, 0.05) is 26.1 Å². The predicted octanol–water partition coefficient (Wildman–Crippen LogP) is 3.20. The molecule has 1 saturated carbocycles. The van der Waals surface area contributed by atoms with Crippen LogP contribution in [0.25, 0.3) is 0 Å². The zero-order valence-electron chi connectivity index (χ0n) is 15.4. The third-order valence-electron chi connectivity index (χ3n) is 5.44. The highest BCUT2D eigenvalue weighted by molar-refractivity contribution is 5.76. The first-order valence-corrected chi connectivity index (χ1v) is 9.49. The zero-order chi connectivity index (χ0) is 16.9. The highest BCUT2D eigenvalue weighted by Crippen LogP contribution is 2.43. The topological polar surface area (TPSA) is 55.6 Å². The molecule has 0 aromatic carbocycles. The van der Waals surface area contributed by atoms with Crippen LogP contribution in [0, 0.1) is 17.3 Å². The molecule has 1 aliphatic carbocycles. The zero-order valence-corrected chi connectivity index (χ0v) is 15.4. The van der Waals surface area contributed by atoms with Crippen LogP contribution in [0.4, 0.5) is 0 Å². The van der Waals surface area contributed by atoms with Gasteiger partial charge in [0.25, 0.3) is 0 Å². The maximum absolute atomic E-state index is 12.6. The Labute approximate surface area is 142 Å². The summed E-state index contributed by atoms with van der Waals surface area (Å²) in [5.74, 6) is 1.68. The van der Waals surface area contributed by atoms with Gasteiger partial charge in [-0.1, -0.05) is 20.8 Å². The van der Waals surface area contributed by atoms with E-state index in [0.717, 1.165) is 51.3 Å². The largest absolute Gasteiger partial charge is 0.378 e. The molecule has 1 heterocycles. The van der Waals surface area contributed by atoms with E-state index in [4.69, 9.17) is 10.5 Å². The van der Waals surface area contributed by atoms with Crippen molar-refractivity contribution in [2.75, 3.05) is 26.2 Å². The average molecular weight is 325 g/mol. The van der Waals surface area contributed by atoms with Gasteiger partial charge in [0.15, 0.2) is 0 Å². The average Bonchev–Trinajstić information content (AvgIpc) is 2.46. The van der Waals surface area contributed by atoms with E-state index in [9.17, 15) is 4.79 Å². The minimum atomic E-state index is 0.319. The lowest BCUT2D eigenvalue weighted by atomic mass is 9.67. The molecule has 2 atom stereocenters. The molecule has 1 saturated heterocycles. The summed E-state index contributed by atoms with van der Waals surface area (Å²) in [7, 11) is 0. The lowest BCUT2D eigenvalue weighted by molar-refractivity contribution is -0.135. The number of nitrogens with zero attached hydrogens (tertiary/aromatic N) is 1. The van der Waals surface area contributed by atoms with E-state index in [1.165, 1.54) is 19.3 Å². The summed E-state index contributed by atoms with van der Waals surface area (Å²) < 4.78 is 5.82. The van der Waals surface area contributed by atoms with Crippen LogP contribution in [0.3, 0.4) is 0 Å². The number of nitrogens with two attached hydrogens (primary N) is 1. The molecule has 0 radical (unpaired) electrons. The maximum Gasteiger partial charge on any atom is 0.222 e. The first-order chi connectivity index (χ1) is 10.9. The van der Waals surface area contributed by atoms with Gasteiger partial charge in [-0.2, -0.15) is 0 Å². The number of hydrogen-bond donors (Lipinski definition) is 1. The van der Waals surface area contributed by atoms with Crippen molar-refractivity contribution in [2.24, 2.45) is 23.0 Å². The van der Waals surface area contributed by atoms with E-state index < -0.39 is 0 Å². The summed E-state index contributed by atoms with van der Waals surface area (Å²) >= 11 is 0. The lowest BCUT2D eigenvalue weighted by Crippen LogP contribution is -2.42. The van der Waals surface area contributed by atoms with E-state index in [1.807, 2.05) is 0 Å². The number of hydrogen-bond acceptors (Lipinski definition) is 3. The molecule has 1 amide bonds. The monoisotopic (exact) mass is 324 g/mol. The molecule has 23 heavy (non-hydrogen) atoms. The van der Waals surface area contributed by atoms with Gasteiger partial charge in [0.05, 0.1) is 6.10 Å². The van der Waals surface area contributed by atoms with E-state index in [-0.39, 0.29) is 0 Å². The Hall–Kier alpha value is -0.610. The Morgan fingerprint density at radius 1 is 1.26 bits per heavy atom. The number of piperidine rings is 1. The fraction of sp³-hybridized carbons (Fsp3) is 0.947. The number of likely N-dealkylation sites (tertiary alicyclic amines) is 1. The molecule has 0 bridgehead atoms. The summed E-state index contributed by atoms with van der Waals surface area (Å²) in [5, 5.41) is 0. The van der Waals surface area contributed by atoms with Crippen molar-refractivity contribution >= 4 is 5.91 Å². The number of amides is 1. The van der Waals surface area contributed by atoms with Gasteiger partial charge >= 0.3 is 0 Å². The van der Waals surface area contributed by atoms with Crippen molar-refractivity contribution in [1.82, 2.24) is 4.90 Å². The van der Waals surface area contributed by atoms with E-state index >= 15 is 0 Å². The van der Waals surface area contributed by atoms with Crippen molar-refractivity contribution < 1.29 is 9.53 Å². The molecular weight excluding hydrogens is 288 g/mol. The highest BCUT2D eigenvalue weighted by Gasteiger charge is 2.34. The summed E-state index contributed by atoms with van der Waals surface area (Å²) in [6, 6.07) is 0. The molecular formula is C19H36N2O2. The number of carbonyl (C=O) groups is 1. The molecule has 0 aromatic heterocycles. The Morgan fingerprint density at radius 3 is 2.57 bits per heavy atom. The quantitative estimate of drug-likeness (QED) is 0.763. The second kappa shape index (κ2) is 8.48. The van der Waals surface area contributed by atoms with Crippen molar-refractivity contribution in [3.05, 3.63) is 0 Å². The second-order valence-corrected chi connectivity index (χ2v) is 8.58. The summed E-state index contributed by atoms with van der Waals surface area (Å²) in [5.41, 5.74) is 5.89. The standard InChI is InChI=1S/C19H36N2O2/c1-15-11-16(14-19(2,3)13-15)12-18(22)21-8-5-17(6-9-21)23-10-4-7-20/h15-17H,4-14,20H2,1-3H3. The Kier molecular flexibility index (Phi) is 6.90. The second-order valence-electron chi connectivity index (χ2n) is 8.58. The van der Waals surface area contributed by atoms with Gasteiger partial charge in [0.2, 0.25) is 5.91 Å². The fourth-order valence-corrected chi connectivity index (χ4v) is 4.68.